The van der Waals surface area contributed by atoms with Gasteiger partial charge in [-0.2, -0.15) is 0 Å². The first-order valence-corrected chi connectivity index (χ1v) is 9.64. The number of amides is 3. The van der Waals surface area contributed by atoms with Crippen LogP contribution in [0.3, 0.4) is 0 Å². The molecular weight excluding hydrogens is 394 g/mol. The van der Waals surface area contributed by atoms with Crippen molar-refractivity contribution in [3.8, 4) is 0 Å². The van der Waals surface area contributed by atoms with Gasteiger partial charge in [0.2, 0.25) is 11.8 Å². The number of hydrogen-bond acceptors (Lipinski definition) is 5. The summed E-state index contributed by atoms with van der Waals surface area (Å²) in [7, 11) is 0. The maximum Gasteiger partial charge on any atom is 0.259 e. The number of benzene rings is 1. The molecule has 1 aromatic heterocycles. The van der Waals surface area contributed by atoms with Gasteiger partial charge in [0.1, 0.15) is 5.82 Å². The van der Waals surface area contributed by atoms with Gasteiger partial charge in [-0.05, 0) is 37.6 Å². The van der Waals surface area contributed by atoms with Crippen molar-refractivity contribution in [2.45, 2.75) is 26.2 Å². The largest absolute Gasteiger partial charge is 0.347 e. The Kier molecular flexibility index (Phi) is 6.43. The number of nitrogens with one attached hydrogen (secondary N) is 2. The van der Waals surface area contributed by atoms with E-state index in [0.29, 0.717) is 40.9 Å². The molecule has 0 spiro atoms. The van der Waals surface area contributed by atoms with Crippen LogP contribution < -0.4 is 10.6 Å². The van der Waals surface area contributed by atoms with E-state index in [4.69, 9.17) is 11.6 Å². The lowest BCUT2D eigenvalue weighted by atomic mass is 10.1. The minimum absolute atomic E-state index is 0.00311. The summed E-state index contributed by atoms with van der Waals surface area (Å²) in [6.45, 7) is 4.21. The zero-order chi connectivity index (χ0) is 21.0. The van der Waals surface area contributed by atoms with Crippen LogP contribution in [0.25, 0.3) is 0 Å². The smallest absolute Gasteiger partial charge is 0.259 e. The SMILES string of the molecule is CC(=O)NCC(=O)N1CC[C@H](c2ncc(C(=O)Nc3ccc(Cl)cc3)c(C)n2)C1. The summed E-state index contributed by atoms with van der Waals surface area (Å²) in [6, 6.07) is 6.83. The molecule has 3 amide bonds. The van der Waals surface area contributed by atoms with Crippen LogP contribution in [-0.2, 0) is 9.59 Å². The van der Waals surface area contributed by atoms with Gasteiger partial charge in [-0.25, -0.2) is 9.97 Å². The highest BCUT2D eigenvalue weighted by molar-refractivity contribution is 6.30. The predicted octanol–water partition coefficient (Wildman–Crippen LogP) is 2.14. The fraction of sp³-hybridized carbons (Fsp3) is 0.350. The molecule has 3 rings (SSSR count). The average molecular weight is 416 g/mol. The Morgan fingerprint density at radius 3 is 2.62 bits per heavy atom. The summed E-state index contributed by atoms with van der Waals surface area (Å²) in [5.41, 5.74) is 1.59. The van der Waals surface area contributed by atoms with E-state index in [1.807, 2.05) is 0 Å². The third kappa shape index (κ3) is 5.29. The van der Waals surface area contributed by atoms with Crippen LogP contribution in [0.15, 0.2) is 30.5 Å². The number of likely N-dealkylation sites (tertiary alicyclic amines) is 1. The highest BCUT2D eigenvalue weighted by atomic mass is 35.5. The third-order valence-electron chi connectivity index (χ3n) is 4.74. The van der Waals surface area contributed by atoms with Crippen molar-refractivity contribution < 1.29 is 14.4 Å². The molecule has 8 nitrogen and oxygen atoms in total. The zero-order valence-corrected chi connectivity index (χ0v) is 17.0. The van der Waals surface area contributed by atoms with Crippen LogP contribution in [0, 0.1) is 6.92 Å². The number of aromatic nitrogens is 2. The summed E-state index contributed by atoms with van der Waals surface area (Å²) in [5, 5.41) is 5.90. The second-order valence-electron chi connectivity index (χ2n) is 6.92. The molecule has 2 N–H and O–H groups in total. The van der Waals surface area contributed by atoms with E-state index in [0.717, 1.165) is 6.42 Å². The molecule has 29 heavy (non-hydrogen) atoms. The van der Waals surface area contributed by atoms with Crippen LogP contribution in [0.5, 0.6) is 0 Å². The number of anilines is 1. The van der Waals surface area contributed by atoms with Gasteiger partial charge < -0.3 is 15.5 Å². The molecule has 0 bridgehead atoms. The molecule has 1 fully saturated rings. The van der Waals surface area contributed by atoms with Crippen molar-refractivity contribution in [1.29, 1.82) is 0 Å². The second kappa shape index (κ2) is 9.00. The standard InChI is InChI=1S/C20H22ClN5O3/c1-12-17(20(29)25-16-5-3-15(21)4-6-16)9-23-19(24-12)14-7-8-26(11-14)18(28)10-22-13(2)27/h3-6,9,14H,7-8,10-11H2,1-2H3,(H,22,27)(H,25,29)/t14-/m0/s1. The Balaban J connectivity index is 1.63. The van der Waals surface area contributed by atoms with Crippen LogP contribution in [-0.4, -0.2) is 52.2 Å². The molecule has 0 saturated carbocycles. The topological polar surface area (TPSA) is 104 Å². The normalized spacial score (nSPS) is 15.8. The molecule has 152 valence electrons. The maximum atomic E-state index is 12.5. The molecule has 1 aliphatic rings. The second-order valence-corrected chi connectivity index (χ2v) is 7.36. The summed E-state index contributed by atoms with van der Waals surface area (Å²) in [4.78, 5) is 46.2. The van der Waals surface area contributed by atoms with Crippen LogP contribution >= 0.6 is 11.6 Å². The lowest BCUT2D eigenvalue weighted by molar-refractivity contribution is -0.131. The minimum atomic E-state index is -0.296. The number of halogens is 1. The first-order valence-electron chi connectivity index (χ1n) is 9.26. The van der Waals surface area contributed by atoms with E-state index >= 15 is 0 Å². The van der Waals surface area contributed by atoms with Gasteiger partial charge in [-0.3, -0.25) is 14.4 Å². The molecular formula is C20H22ClN5O3. The molecule has 0 aliphatic carbocycles. The zero-order valence-electron chi connectivity index (χ0n) is 16.2. The molecule has 1 saturated heterocycles. The van der Waals surface area contributed by atoms with Gasteiger partial charge in [0.15, 0.2) is 0 Å². The highest BCUT2D eigenvalue weighted by Gasteiger charge is 2.29. The van der Waals surface area contributed by atoms with Crippen molar-refractivity contribution in [2.24, 2.45) is 0 Å². The molecule has 2 heterocycles. The van der Waals surface area contributed by atoms with E-state index in [-0.39, 0.29) is 30.2 Å². The summed E-state index contributed by atoms with van der Waals surface area (Å²) in [5.74, 6) is -0.0439. The Morgan fingerprint density at radius 2 is 1.97 bits per heavy atom. The first kappa shape index (κ1) is 20.7. The number of carbonyl (C=O) groups excluding carboxylic acids is 3. The monoisotopic (exact) mass is 415 g/mol. The Morgan fingerprint density at radius 1 is 1.24 bits per heavy atom. The average Bonchev–Trinajstić information content (AvgIpc) is 3.18. The lowest BCUT2D eigenvalue weighted by Gasteiger charge is -2.16. The van der Waals surface area contributed by atoms with E-state index in [1.54, 1.807) is 36.1 Å². The fourth-order valence-electron chi connectivity index (χ4n) is 3.15. The van der Waals surface area contributed by atoms with Crippen molar-refractivity contribution in [3.05, 3.63) is 52.6 Å². The molecule has 2 aromatic rings. The van der Waals surface area contributed by atoms with E-state index in [1.165, 1.54) is 13.1 Å². The van der Waals surface area contributed by atoms with Crippen molar-refractivity contribution in [3.63, 3.8) is 0 Å². The highest BCUT2D eigenvalue weighted by Crippen LogP contribution is 2.25. The van der Waals surface area contributed by atoms with E-state index in [9.17, 15) is 14.4 Å². The van der Waals surface area contributed by atoms with Crippen molar-refractivity contribution >= 4 is 35.0 Å². The lowest BCUT2D eigenvalue weighted by Crippen LogP contribution is -2.38. The summed E-state index contributed by atoms with van der Waals surface area (Å²) >= 11 is 5.86. The van der Waals surface area contributed by atoms with E-state index < -0.39 is 0 Å². The molecule has 9 heteroatoms. The molecule has 1 atom stereocenters. The van der Waals surface area contributed by atoms with Gasteiger partial charge >= 0.3 is 0 Å². The van der Waals surface area contributed by atoms with Crippen LogP contribution in [0.4, 0.5) is 5.69 Å². The van der Waals surface area contributed by atoms with Crippen molar-refractivity contribution in [2.75, 3.05) is 25.0 Å². The van der Waals surface area contributed by atoms with Gasteiger partial charge in [0.25, 0.3) is 5.91 Å². The number of hydrogen-bond donors (Lipinski definition) is 2. The Labute approximate surface area is 173 Å². The number of aryl methyl sites for hydroxylation is 1. The third-order valence-corrected chi connectivity index (χ3v) is 4.99. The van der Waals surface area contributed by atoms with Gasteiger partial charge in [-0.1, -0.05) is 11.6 Å². The summed E-state index contributed by atoms with van der Waals surface area (Å²) in [6.07, 6.45) is 2.26. The number of nitrogens with zero attached hydrogens (tertiary/aromatic N) is 3. The van der Waals surface area contributed by atoms with Gasteiger partial charge in [0.05, 0.1) is 17.8 Å². The predicted molar refractivity (Wildman–Crippen MR) is 109 cm³/mol. The first-order chi connectivity index (χ1) is 13.8. The van der Waals surface area contributed by atoms with E-state index in [2.05, 4.69) is 20.6 Å². The number of carbonyl (C=O) groups is 3. The molecule has 1 aliphatic heterocycles. The summed E-state index contributed by atoms with van der Waals surface area (Å²) < 4.78 is 0. The molecule has 0 radical (unpaired) electrons. The van der Waals surface area contributed by atoms with Crippen molar-refractivity contribution in [1.82, 2.24) is 20.2 Å². The van der Waals surface area contributed by atoms with Gasteiger partial charge in [-0.15, -0.1) is 0 Å². The molecule has 0 unspecified atom stereocenters. The fourth-order valence-corrected chi connectivity index (χ4v) is 3.27. The minimum Gasteiger partial charge on any atom is -0.347 e. The van der Waals surface area contributed by atoms with Crippen LogP contribution in [0.1, 0.15) is 41.1 Å². The van der Waals surface area contributed by atoms with Gasteiger partial charge in [0, 0.05) is 42.8 Å². The Bertz CT molecular complexity index is 932. The van der Waals surface area contributed by atoms with Crippen LogP contribution in [0.2, 0.25) is 5.02 Å². The maximum absolute atomic E-state index is 12.5. The number of rotatable bonds is 5. The quantitative estimate of drug-likeness (QED) is 0.778. The molecule has 1 aromatic carbocycles. The Hall–Kier alpha value is -3.00.